The van der Waals surface area contributed by atoms with Crippen LogP contribution in [-0.2, 0) is 17.7 Å². The predicted octanol–water partition coefficient (Wildman–Crippen LogP) is 4.34. The standard InChI is InChI=1S/C26H27F2N5O2/c1-33(7-8-35-2)15-17-3-5-21(23(29)13-17)26(34)30-25-22-12-16(4-6-24(22)31-32-25)9-18-10-19(27)14-20(28)11-18/h3-6,10-14H,7-9,15,29H2,1-2H3,(H2,30,31,32,34). The van der Waals surface area contributed by atoms with Crippen molar-refractivity contribution in [2.75, 3.05) is 38.4 Å². The Morgan fingerprint density at radius 2 is 1.80 bits per heavy atom. The fourth-order valence-corrected chi connectivity index (χ4v) is 3.95. The molecule has 0 spiro atoms. The van der Waals surface area contributed by atoms with Gasteiger partial charge in [-0.1, -0.05) is 12.1 Å². The summed E-state index contributed by atoms with van der Waals surface area (Å²) in [6, 6.07) is 14.3. The van der Waals surface area contributed by atoms with Gasteiger partial charge >= 0.3 is 0 Å². The number of ether oxygens (including phenoxy) is 1. The molecule has 0 radical (unpaired) electrons. The summed E-state index contributed by atoms with van der Waals surface area (Å²) < 4.78 is 32.2. The first kappa shape index (κ1) is 24.3. The number of rotatable bonds is 9. The number of likely N-dealkylation sites (N-methyl/N-ethyl adjacent to an activating group) is 1. The van der Waals surface area contributed by atoms with Crippen LogP contribution < -0.4 is 11.1 Å². The minimum atomic E-state index is -0.623. The van der Waals surface area contributed by atoms with E-state index in [0.29, 0.717) is 47.6 Å². The van der Waals surface area contributed by atoms with E-state index >= 15 is 0 Å². The number of hydrogen-bond acceptors (Lipinski definition) is 5. The number of nitrogens with two attached hydrogens (primary N) is 1. The van der Waals surface area contributed by atoms with Crippen LogP contribution >= 0.6 is 0 Å². The maximum Gasteiger partial charge on any atom is 0.258 e. The highest BCUT2D eigenvalue weighted by Gasteiger charge is 2.15. The normalized spacial score (nSPS) is 11.3. The van der Waals surface area contributed by atoms with Gasteiger partial charge in [-0.15, -0.1) is 0 Å². The minimum Gasteiger partial charge on any atom is -0.398 e. The van der Waals surface area contributed by atoms with E-state index in [-0.39, 0.29) is 5.91 Å². The summed E-state index contributed by atoms with van der Waals surface area (Å²) >= 11 is 0. The molecule has 182 valence electrons. The molecular weight excluding hydrogens is 452 g/mol. The lowest BCUT2D eigenvalue weighted by atomic mass is 10.0. The molecule has 0 fully saturated rings. The van der Waals surface area contributed by atoms with Crippen LogP contribution in [0.25, 0.3) is 10.9 Å². The van der Waals surface area contributed by atoms with Crippen LogP contribution in [0.3, 0.4) is 0 Å². The molecule has 0 saturated carbocycles. The van der Waals surface area contributed by atoms with Crippen molar-refractivity contribution < 1.29 is 18.3 Å². The number of nitrogen functional groups attached to an aromatic ring is 1. The van der Waals surface area contributed by atoms with Crippen LogP contribution in [-0.4, -0.2) is 48.3 Å². The summed E-state index contributed by atoms with van der Waals surface area (Å²) in [5.74, 6) is -1.28. The number of halogens is 2. The molecule has 0 atom stereocenters. The van der Waals surface area contributed by atoms with Gasteiger partial charge in [-0.05, 0) is 66.6 Å². The fourth-order valence-electron chi connectivity index (χ4n) is 3.95. The Balaban J connectivity index is 1.50. The van der Waals surface area contributed by atoms with Crippen molar-refractivity contribution in [2.45, 2.75) is 13.0 Å². The molecule has 0 unspecified atom stereocenters. The topological polar surface area (TPSA) is 96.3 Å². The summed E-state index contributed by atoms with van der Waals surface area (Å²) in [6.07, 6.45) is 0.330. The number of anilines is 2. The largest absolute Gasteiger partial charge is 0.398 e. The Kier molecular flexibility index (Phi) is 7.38. The van der Waals surface area contributed by atoms with E-state index in [1.807, 2.05) is 31.3 Å². The highest BCUT2D eigenvalue weighted by atomic mass is 19.1. The van der Waals surface area contributed by atoms with Crippen molar-refractivity contribution in [1.82, 2.24) is 15.1 Å². The van der Waals surface area contributed by atoms with Crippen molar-refractivity contribution in [1.29, 1.82) is 0 Å². The summed E-state index contributed by atoms with van der Waals surface area (Å²) in [7, 11) is 3.64. The van der Waals surface area contributed by atoms with Gasteiger partial charge in [0.1, 0.15) is 11.6 Å². The molecule has 3 aromatic carbocycles. The van der Waals surface area contributed by atoms with Gasteiger partial charge in [-0.2, -0.15) is 5.10 Å². The van der Waals surface area contributed by atoms with Gasteiger partial charge in [-0.25, -0.2) is 8.78 Å². The highest BCUT2D eigenvalue weighted by molar-refractivity contribution is 6.10. The molecule has 4 N–H and O–H groups in total. The monoisotopic (exact) mass is 479 g/mol. The van der Waals surface area contributed by atoms with Crippen molar-refractivity contribution in [3.8, 4) is 0 Å². The number of aromatic nitrogens is 2. The second-order valence-corrected chi connectivity index (χ2v) is 8.51. The third kappa shape index (κ3) is 6.00. The van der Waals surface area contributed by atoms with E-state index in [0.717, 1.165) is 29.3 Å². The Bertz CT molecular complexity index is 1330. The quantitative estimate of drug-likeness (QED) is 0.310. The smallest absolute Gasteiger partial charge is 0.258 e. The first-order valence-electron chi connectivity index (χ1n) is 11.1. The number of nitrogens with one attached hydrogen (secondary N) is 2. The van der Waals surface area contributed by atoms with Gasteiger partial charge in [0.2, 0.25) is 0 Å². The molecule has 9 heteroatoms. The SMILES string of the molecule is COCCN(C)Cc1ccc(C(=O)Nc2n[nH]c3ccc(Cc4cc(F)cc(F)c4)cc23)c(N)c1. The van der Waals surface area contributed by atoms with Crippen LogP contribution in [0.4, 0.5) is 20.3 Å². The van der Waals surface area contributed by atoms with Crippen molar-refractivity contribution in [2.24, 2.45) is 0 Å². The Morgan fingerprint density at radius 3 is 2.51 bits per heavy atom. The molecule has 1 aromatic heterocycles. The number of fused-ring (bicyclic) bond motifs is 1. The summed E-state index contributed by atoms with van der Waals surface area (Å²) in [4.78, 5) is 15.0. The molecule has 4 rings (SSSR count). The zero-order valence-electron chi connectivity index (χ0n) is 19.6. The van der Waals surface area contributed by atoms with Crippen molar-refractivity contribution >= 4 is 28.3 Å². The van der Waals surface area contributed by atoms with Gasteiger partial charge in [-0.3, -0.25) is 14.8 Å². The molecule has 0 bridgehead atoms. The number of H-pyrrole nitrogens is 1. The van der Waals surface area contributed by atoms with Gasteiger partial charge in [0.15, 0.2) is 5.82 Å². The highest BCUT2D eigenvalue weighted by Crippen LogP contribution is 2.25. The molecule has 0 aliphatic rings. The molecular formula is C26H27F2N5O2. The third-order valence-corrected chi connectivity index (χ3v) is 5.68. The number of nitrogens with zero attached hydrogens (tertiary/aromatic N) is 2. The van der Waals surface area contributed by atoms with E-state index in [1.54, 1.807) is 19.2 Å². The molecule has 1 heterocycles. The van der Waals surface area contributed by atoms with E-state index in [2.05, 4.69) is 20.4 Å². The number of amides is 1. The lowest BCUT2D eigenvalue weighted by Gasteiger charge is -2.17. The zero-order chi connectivity index (χ0) is 24.9. The van der Waals surface area contributed by atoms with Crippen LogP contribution in [0.15, 0.2) is 54.6 Å². The number of carbonyl (C=O) groups excluding carboxylic acids is 1. The molecule has 0 aliphatic heterocycles. The third-order valence-electron chi connectivity index (χ3n) is 5.68. The maximum absolute atomic E-state index is 13.6. The zero-order valence-corrected chi connectivity index (χ0v) is 19.6. The second kappa shape index (κ2) is 10.6. The number of carbonyl (C=O) groups is 1. The lowest BCUT2D eigenvalue weighted by Crippen LogP contribution is -2.22. The molecule has 35 heavy (non-hydrogen) atoms. The average molecular weight is 480 g/mol. The lowest BCUT2D eigenvalue weighted by molar-refractivity contribution is 0.102. The average Bonchev–Trinajstić information content (AvgIpc) is 3.19. The first-order chi connectivity index (χ1) is 16.8. The van der Waals surface area contributed by atoms with Crippen LogP contribution in [0.5, 0.6) is 0 Å². The number of benzene rings is 3. The molecule has 4 aromatic rings. The molecule has 1 amide bonds. The molecule has 0 aliphatic carbocycles. The number of hydrogen-bond donors (Lipinski definition) is 3. The van der Waals surface area contributed by atoms with Crippen LogP contribution in [0, 0.1) is 11.6 Å². The van der Waals surface area contributed by atoms with E-state index in [1.165, 1.54) is 12.1 Å². The number of methoxy groups -OCH3 is 1. The van der Waals surface area contributed by atoms with Gasteiger partial charge in [0, 0.05) is 37.3 Å². The fraction of sp³-hybridized carbons (Fsp3) is 0.231. The maximum atomic E-state index is 13.6. The predicted molar refractivity (Wildman–Crippen MR) is 132 cm³/mol. The molecule has 0 saturated heterocycles. The van der Waals surface area contributed by atoms with E-state index in [4.69, 9.17) is 10.5 Å². The summed E-state index contributed by atoms with van der Waals surface area (Å²) in [5, 5.41) is 10.6. The number of aromatic amines is 1. The molecule has 7 nitrogen and oxygen atoms in total. The minimum absolute atomic E-state index is 0.330. The van der Waals surface area contributed by atoms with Crippen LogP contribution in [0.1, 0.15) is 27.0 Å². The Labute approximate surface area is 201 Å². The summed E-state index contributed by atoms with van der Waals surface area (Å²) in [5.41, 5.74) is 9.93. The summed E-state index contributed by atoms with van der Waals surface area (Å²) in [6.45, 7) is 2.09. The Morgan fingerprint density at radius 1 is 1.06 bits per heavy atom. The second-order valence-electron chi connectivity index (χ2n) is 8.51. The Hall–Kier alpha value is -3.82. The first-order valence-corrected chi connectivity index (χ1v) is 11.1. The van der Waals surface area contributed by atoms with Gasteiger partial charge in [0.05, 0.1) is 17.7 Å². The van der Waals surface area contributed by atoms with Gasteiger partial charge < -0.3 is 15.8 Å². The van der Waals surface area contributed by atoms with E-state index in [9.17, 15) is 13.6 Å². The van der Waals surface area contributed by atoms with Crippen molar-refractivity contribution in [3.63, 3.8) is 0 Å². The van der Waals surface area contributed by atoms with Crippen molar-refractivity contribution in [3.05, 3.63) is 88.5 Å². The van der Waals surface area contributed by atoms with Crippen LogP contribution in [0.2, 0.25) is 0 Å². The van der Waals surface area contributed by atoms with Gasteiger partial charge in [0.25, 0.3) is 5.91 Å². The van der Waals surface area contributed by atoms with E-state index < -0.39 is 11.6 Å².